The number of hydrogen-bond acceptors (Lipinski definition) is 3. The standard InChI is InChI=1S/C18H35N3/c1-14-11-18(12-19,13-21(14)16-5-6-16)20(4)15-7-9-17(2,3)10-8-15/h14-16H,5-13,19H2,1-4H3. The van der Waals surface area contributed by atoms with Crippen molar-refractivity contribution in [3.8, 4) is 0 Å². The van der Waals surface area contributed by atoms with E-state index in [1.165, 1.54) is 51.5 Å². The summed E-state index contributed by atoms with van der Waals surface area (Å²) in [5, 5.41) is 0. The third-order valence-corrected chi connectivity index (χ3v) is 6.72. The number of nitrogens with zero attached hydrogens (tertiary/aromatic N) is 2. The first-order chi connectivity index (χ1) is 9.87. The van der Waals surface area contributed by atoms with Crippen LogP contribution in [0.2, 0.25) is 0 Å². The highest BCUT2D eigenvalue weighted by Crippen LogP contribution is 2.43. The van der Waals surface area contributed by atoms with Crippen LogP contribution in [0.5, 0.6) is 0 Å². The molecule has 2 atom stereocenters. The molecule has 2 aliphatic carbocycles. The lowest BCUT2D eigenvalue weighted by Gasteiger charge is -2.47. The van der Waals surface area contributed by atoms with E-state index >= 15 is 0 Å². The summed E-state index contributed by atoms with van der Waals surface area (Å²) < 4.78 is 0. The van der Waals surface area contributed by atoms with Crippen LogP contribution in [0, 0.1) is 5.41 Å². The van der Waals surface area contributed by atoms with Gasteiger partial charge in [0.25, 0.3) is 0 Å². The molecule has 0 bridgehead atoms. The topological polar surface area (TPSA) is 32.5 Å². The molecule has 3 fully saturated rings. The van der Waals surface area contributed by atoms with Gasteiger partial charge in [0.2, 0.25) is 0 Å². The quantitative estimate of drug-likeness (QED) is 0.865. The third-order valence-electron chi connectivity index (χ3n) is 6.72. The van der Waals surface area contributed by atoms with Crippen LogP contribution >= 0.6 is 0 Å². The fraction of sp³-hybridized carbons (Fsp3) is 1.00. The van der Waals surface area contributed by atoms with Gasteiger partial charge in [-0.15, -0.1) is 0 Å². The summed E-state index contributed by atoms with van der Waals surface area (Å²) in [5.41, 5.74) is 7.09. The highest BCUT2D eigenvalue weighted by atomic mass is 15.3. The van der Waals surface area contributed by atoms with Gasteiger partial charge in [0.1, 0.15) is 0 Å². The van der Waals surface area contributed by atoms with Crippen molar-refractivity contribution >= 4 is 0 Å². The Morgan fingerprint density at radius 3 is 2.29 bits per heavy atom. The second-order valence-electron chi connectivity index (χ2n) is 8.89. The first-order valence-corrected chi connectivity index (χ1v) is 9.06. The van der Waals surface area contributed by atoms with Crippen molar-refractivity contribution < 1.29 is 0 Å². The van der Waals surface area contributed by atoms with Crippen molar-refractivity contribution in [1.82, 2.24) is 9.80 Å². The van der Waals surface area contributed by atoms with Gasteiger partial charge in [-0.3, -0.25) is 9.80 Å². The zero-order chi connectivity index (χ0) is 15.3. The van der Waals surface area contributed by atoms with Crippen molar-refractivity contribution in [1.29, 1.82) is 0 Å². The molecule has 1 heterocycles. The van der Waals surface area contributed by atoms with E-state index in [4.69, 9.17) is 5.73 Å². The fourth-order valence-corrected chi connectivity index (χ4v) is 4.83. The minimum atomic E-state index is 0.230. The molecule has 0 radical (unpaired) electrons. The van der Waals surface area contributed by atoms with Crippen molar-refractivity contribution in [3.05, 3.63) is 0 Å². The summed E-state index contributed by atoms with van der Waals surface area (Å²) in [4.78, 5) is 5.44. The number of likely N-dealkylation sites (N-methyl/N-ethyl adjacent to an activating group) is 1. The average Bonchev–Trinajstić information content (AvgIpc) is 3.22. The lowest BCUT2D eigenvalue weighted by molar-refractivity contribution is 0.0402. The second-order valence-corrected chi connectivity index (χ2v) is 8.89. The minimum absolute atomic E-state index is 0.230. The molecule has 1 saturated heterocycles. The van der Waals surface area contributed by atoms with E-state index < -0.39 is 0 Å². The monoisotopic (exact) mass is 293 g/mol. The Bertz CT molecular complexity index is 367. The predicted molar refractivity (Wildman–Crippen MR) is 89.4 cm³/mol. The van der Waals surface area contributed by atoms with Crippen LogP contribution in [0.4, 0.5) is 0 Å². The average molecular weight is 293 g/mol. The highest BCUT2D eigenvalue weighted by Gasteiger charge is 2.50. The molecule has 3 nitrogen and oxygen atoms in total. The maximum Gasteiger partial charge on any atom is 0.0473 e. The molecule has 1 aliphatic heterocycles. The van der Waals surface area contributed by atoms with E-state index in [1.54, 1.807) is 0 Å². The minimum Gasteiger partial charge on any atom is -0.329 e. The van der Waals surface area contributed by atoms with Gasteiger partial charge in [0.05, 0.1) is 0 Å². The first kappa shape index (κ1) is 15.8. The van der Waals surface area contributed by atoms with E-state index in [-0.39, 0.29) is 5.54 Å². The first-order valence-electron chi connectivity index (χ1n) is 9.06. The zero-order valence-electron chi connectivity index (χ0n) is 14.6. The van der Waals surface area contributed by atoms with Crippen LogP contribution in [0.1, 0.15) is 65.7 Å². The molecule has 21 heavy (non-hydrogen) atoms. The van der Waals surface area contributed by atoms with Crippen molar-refractivity contribution in [2.24, 2.45) is 11.1 Å². The van der Waals surface area contributed by atoms with Crippen LogP contribution in [0.25, 0.3) is 0 Å². The molecule has 0 spiro atoms. The number of nitrogens with two attached hydrogens (primary N) is 1. The molecule has 2 saturated carbocycles. The summed E-state index contributed by atoms with van der Waals surface area (Å²) >= 11 is 0. The Hall–Kier alpha value is -0.120. The number of rotatable bonds is 4. The lowest BCUT2D eigenvalue weighted by Crippen LogP contribution is -2.58. The van der Waals surface area contributed by atoms with E-state index in [1.807, 2.05) is 0 Å². The van der Waals surface area contributed by atoms with E-state index in [9.17, 15) is 0 Å². The van der Waals surface area contributed by atoms with Gasteiger partial charge in [-0.05, 0) is 64.3 Å². The maximum atomic E-state index is 6.31. The van der Waals surface area contributed by atoms with Crippen molar-refractivity contribution in [2.75, 3.05) is 20.1 Å². The van der Waals surface area contributed by atoms with Crippen LogP contribution in [-0.2, 0) is 0 Å². The molecule has 0 aromatic carbocycles. The molecule has 2 N–H and O–H groups in total. The Morgan fingerprint density at radius 2 is 1.76 bits per heavy atom. The molecule has 0 aromatic rings. The van der Waals surface area contributed by atoms with Gasteiger partial charge >= 0.3 is 0 Å². The fourth-order valence-electron chi connectivity index (χ4n) is 4.83. The van der Waals surface area contributed by atoms with Crippen LogP contribution < -0.4 is 5.73 Å². The summed E-state index contributed by atoms with van der Waals surface area (Å²) in [6, 6.07) is 2.32. The molecular weight excluding hydrogens is 258 g/mol. The number of likely N-dealkylation sites (tertiary alicyclic amines) is 1. The van der Waals surface area contributed by atoms with Gasteiger partial charge in [-0.2, -0.15) is 0 Å². The normalized spacial score (nSPS) is 38.3. The Balaban J connectivity index is 1.68. The molecule has 0 aromatic heterocycles. The summed E-state index contributed by atoms with van der Waals surface area (Å²) in [7, 11) is 2.36. The van der Waals surface area contributed by atoms with Crippen LogP contribution in [-0.4, -0.2) is 53.6 Å². The Kier molecular flexibility index (Phi) is 4.13. The Morgan fingerprint density at radius 1 is 1.14 bits per heavy atom. The van der Waals surface area contributed by atoms with Gasteiger partial charge in [-0.1, -0.05) is 13.8 Å². The largest absolute Gasteiger partial charge is 0.329 e. The molecule has 3 rings (SSSR count). The van der Waals surface area contributed by atoms with E-state index in [2.05, 4.69) is 37.6 Å². The van der Waals surface area contributed by atoms with Gasteiger partial charge in [-0.25, -0.2) is 0 Å². The molecule has 3 aliphatic rings. The zero-order valence-corrected chi connectivity index (χ0v) is 14.6. The molecule has 2 unspecified atom stereocenters. The third kappa shape index (κ3) is 3.02. The lowest BCUT2D eigenvalue weighted by atomic mass is 9.74. The van der Waals surface area contributed by atoms with Crippen molar-refractivity contribution in [3.63, 3.8) is 0 Å². The summed E-state index contributed by atoms with van der Waals surface area (Å²) in [5.74, 6) is 0. The molecule has 3 heteroatoms. The van der Waals surface area contributed by atoms with Gasteiger partial charge < -0.3 is 5.73 Å². The maximum absolute atomic E-state index is 6.31. The van der Waals surface area contributed by atoms with E-state index in [0.29, 0.717) is 11.5 Å². The van der Waals surface area contributed by atoms with Gasteiger partial charge in [0, 0.05) is 36.8 Å². The van der Waals surface area contributed by atoms with Crippen LogP contribution in [0.15, 0.2) is 0 Å². The number of hydrogen-bond donors (Lipinski definition) is 1. The van der Waals surface area contributed by atoms with E-state index in [0.717, 1.165) is 18.6 Å². The van der Waals surface area contributed by atoms with Crippen LogP contribution in [0.3, 0.4) is 0 Å². The van der Waals surface area contributed by atoms with Gasteiger partial charge in [0.15, 0.2) is 0 Å². The smallest absolute Gasteiger partial charge is 0.0473 e. The highest BCUT2D eigenvalue weighted by molar-refractivity contribution is 5.07. The second kappa shape index (κ2) is 5.50. The van der Waals surface area contributed by atoms with Crippen molar-refractivity contribution in [2.45, 2.75) is 89.4 Å². The molecular formula is C18H35N3. The molecule has 0 amide bonds. The SMILES string of the molecule is CC1CC(CN)(N(C)C2CCC(C)(C)CC2)CN1C1CC1. The molecule has 122 valence electrons. The summed E-state index contributed by atoms with van der Waals surface area (Å²) in [6.07, 6.45) is 9.51. The summed E-state index contributed by atoms with van der Waals surface area (Å²) in [6.45, 7) is 9.28. The predicted octanol–water partition coefficient (Wildman–Crippen LogP) is 2.84. The Labute approximate surface area is 131 Å².